The zero-order valence-electron chi connectivity index (χ0n) is 9.94. The van der Waals surface area contributed by atoms with Crippen LogP contribution in [0.5, 0.6) is 0 Å². The minimum atomic E-state index is -0.455. The van der Waals surface area contributed by atoms with Crippen molar-refractivity contribution in [1.29, 1.82) is 0 Å². The maximum absolute atomic E-state index is 11.0. The largest absolute Gasteiger partial charge is 0.397 e. The van der Waals surface area contributed by atoms with E-state index in [0.29, 0.717) is 17.3 Å². The average Bonchev–Trinajstić information content (AvgIpc) is 2.67. The van der Waals surface area contributed by atoms with Crippen molar-refractivity contribution in [2.24, 2.45) is 5.73 Å². The van der Waals surface area contributed by atoms with E-state index in [0.717, 1.165) is 25.2 Å². The normalized spacial score (nSPS) is 20.4. The molecule has 5 heteroatoms. The monoisotopic (exact) mass is 234 g/mol. The Labute approximate surface area is 101 Å². The van der Waals surface area contributed by atoms with Crippen molar-refractivity contribution in [1.82, 2.24) is 4.90 Å². The molecule has 1 amide bonds. The highest BCUT2D eigenvalue weighted by molar-refractivity contribution is 5.94. The van der Waals surface area contributed by atoms with Crippen molar-refractivity contribution in [2.75, 3.05) is 31.2 Å². The van der Waals surface area contributed by atoms with Crippen LogP contribution >= 0.6 is 0 Å². The van der Waals surface area contributed by atoms with Gasteiger partial charge in [0.05, 0.1) is 11.4 Å². The molecule has 0 bridgehead atoms. The number of amides is 1. The van der Waals surface area contributed by atoms with Crippen LogP contribution in [0.4, 0.5) is 11.4 Å². The lowest BCUT2D eigenvalue weighted by Crippen LogP contribution is -2.24. The van der Waals surface area contributed by atoms with E-state index < -0.39 is 5.91 Å². The second kappa shape index (κ2) is 4.63. The van der Waals surface area contributed by atoms with Crippen LogP contribution in [0.3, 0.4) is 0 Å². The number of rotatable bonds is 3. The van der Waals surface area contributed by atoms with E-state index >= 15 is 0 Å². The van der Waals surface area contributed by atoms with Gasteiger partial charge < -0.3 is 21.7 Å². The standard InChI is InChI=1S/C12H18N4O/c1-16-5-4-9(7-16)15-11-3-2-8(12(14)17)6-10(11)13/h2-3,6,9,15H,4-5,7,13H2,1H3,(H2,14,17). The first-order chi connectivity index (χ1) is 8.06. The molecule has 0 aliphatic carbocycles. The molecule has 1 unspecified atom stereocenters. The van der Waals surface area contributed by atoms with Crippen molar-refractivity contribution in [3.05, 3.63) is 23.8 Å². The first-order valence-corrected chi connectivity index (χ1v) is 5.70. The summed E-state index contributed by atoms with van der Waals surface area (Å²) in [6, 6.07) is 5.54. The van der Waals surface area contributed by atoms with E-state index in [9.17, 15) is 4.79 Å². The summed E-state index contributed by atoms with van der Waals surface area (Å²) in [5.74, 6) is -0.455. The van der Waals surface area contributed by atoms with Crippen LogP contribution in [0.2, 0.25) is 0 Å². The molecule has 1 fully saturated rings. The molecule has 92 valence electrons. The van der Waals surface area contributed by atoms with E-state index in [-0.39, 0.29) is 0 Å². The number of likely N-dealkylation sites (tertiary alicyclic amines) is 1. The van der Waals surface area contributed by atoms with Crippen molar-refractivity contribution < 1.29 is 4.79 Å². The van der Waals surface area contributed by atoms with Crippen LogP contribution < -0.4 is 16.8 Å². The molecule has 1 aliphatic heterocycles. The maximum atomic E-state index is 11.0. The van der Waals surface area contributed by atoms with Gasteiger partial charge in [-0.3, -0.25) is 4.79 Å². The van der Waals surface area contributed by atoms with E-state index in [2.05, 4.69) is 17.3 Å². The first-order valence-electron chi connectivity index (χ1n) is 5.70. The fraction of sp³-hybridized carbons (Fsp3) is 0.417. The van der Waals surface area contributed by atoms with Gasteiger partial charge in [0.2, 0.25) is 5.91 Å². The highest BCUT2D eigenvalue weighted by Gasteiger charge is 2.19. The molecule has 1 saturated heterocycles. The second-order valence-electron chi connectivity index (χ2n) is 4.56. The zero-order valence-corrected chi connectivity index (χ0v) is 9.94. The lowest BCUT2D eigenvalue weighted by Gasteiger charge is -2.16. The molecule has 0 aromatic heterocycles. The van der Waals surface area contributed by atoms with Gasteiger partial charge in [-0.15, -0.1) is 0 Å². The summed E-state index contributed by atoms with van der Waals surface area (Å²) < 4.78 is 0. The molecule has 0 radical (unpaired) electrons. The Kier molecular flexibility index (Phi) is 3.19. The number of nitrogens with zero attached hydrogens (tertiary/aromatic N) is 1. The van der Waals surface area contributed by atoms with E-state index in [1.54, 1.807) is 12.1 Å². The molecule has 1 heterocycles. The average molecular weight is 234 g/mol. The van der Waals surface area contributed by atoms with E-state index in [1.807, 2.05) is 6.07 Å². The Bertz CT molecular complexity index is 433. The van der Waals surface area contributed by atoms with Gasteiger partial charge in [0.1, 0.15) is 0 Å². The van der Waals surface area contributed by atoms with E-state index in [4.69, 9.17) is 11.5 Å². The smallest absolute Gasteiger partial charge is 0.248 e. The van der Waals surface area contributed by atoms with Gasteiger partial charge in [-0.05, 0) is 38.2 Å². The number of anilines is 2. The van der Waals surface area contributed by atoms with Crippen LogP contribution in [0.15, 0.2) is 18.2 Å². The topological polar surface area (TPSA) is 84.4 Å². The summed E-state index contributed by atoms with van der Waals surface area (Å²) >= 11 is 0. The van der Waals surface area contributed by atoms with Gasteiger partial charge in [-0.25, -0.2) is 0 Å². The van der Waals surface area contributed by atoms with Gasteiger partial charge in [-0.1, -0.05) is 0 Å². The zero-order chi connectivity index (χ0) is 12.4. The number of primary amides is 1. The van der Waals surface area contributed by atoms with Gasteiger partial charge in [0.25, 0.3) is 0 Å². The number of hydrogen-bond donors (Lipinski definition) is 3. The fourth-order valence-corrected chi connectivity index (χ4v) is 2.12. The third-order valence-corrected chi connectivity index (χ3v) is 3.09. The number of carbonyl (C=O) groups excluding carboxylic acids is 1. The van der Waals surface area contributed by atoms with Gasteiger partial charge in [-0.2, -0.15) is 0 Å². The van der Waals surface area contributed by atoms with Crippen molar-refractivity contribution in [3.63, 3.8) is 0 Å². The molecule has 17 heavy (non-hydrogen) atoms. The van der Waals surface area contributed by atoms with Crippen LogP contribution in [-0.4, -0.2) is 37.0 Å². The summed E-state index contributed by atoms with van der Waals surface area (Å²) in [5.41, 5.74) is 13.0. The minimum absolute atomic E-state index is 0.418. The van der Waals surface area contributed by atoms with Crippen molar-refractivity contribution in [3.8, 4) is 0 Å². The van der Waals surface area contributed by atoms with Gasteiger partial charge in [0.15, 0.2) is 0 Å². The summed E-state index contributed by atoms with van der Waals surface area (Å²) in [7, 11) is 2.10. The van der Waals surface area contributed by atoms with Crippen LogP contribution in [0.25, 0.3) is 0 Å². The quantitative estimate of drug-likeness (QED) is 0.664. The Morgan fingerprint density at radius 2 is 2.29 bits per heavy atom. The molecule has 0 saturated carbocycles. The Morgan fingerprint density at radius 1 is 1.53 bits per heavy atom. The number of likely N-dealkylation sites (N-methyl/N-ethyl adjacent to an activating group) is 1. The first kappa shape index (κ1) is 11.7. The molecule has 0 spiro atoms. The van der Waals surface area contributed by atoms with Gasteiger partial charge >= 0.3 is 0 Å². The fourth-order valence-electron chi connectivity index (χ4n) is 2.12. The summed E-state index contributed by atoms with van der Waals surface area (Å²) in [5, 5.41) is 3.39. The second-order valence-corrected chi connectivity index (χ2v) is 4.56. The number of hydrogen-bond acceptors (Lipinski definition) is 4. The SMILES string of the molecule is CN1CCC(Nc2ccc(C(N)=O)cc2N)C1. The number of benzene rings is 1. The van der Waals surface area contributed by atoms with Crippen molar-refractivity contribution in [2.45, 2.75) is 12.5 Å². The van der Waals surface area contributed by atoms with Crippen LogP contribution in [-0.2, 0) is 0 Å². The highest BCUT2D eigenvalue weighted by atomic mass is 16.1. The Hall–Kier alpha value is -1.75. The highest BCUT2D eigenvalue weighted by Crippen LogP contribution is 2.22. The molecule has 5 nitrogen and oxygen atoms in total. The van der Waals surface area contributed by atoms with Gasteiger partial charge in [0, 0.05) is 18.2 Å². The lowest BCUT2D eigenvalue weighted by atomic mass is 10.1. The van der Waals surface area contributed by atoms with Crippen LogP contribution in [0, 0.1) is 0 Å². The minimum Gasteiger partial charge on any atom is -0.397 e. The third-order valence-electron chi connectivity index (χ3n) is 3.09. The molecule has 1 aromatic carbocycles. The summed E-state index contributed by atoms with van der Waals surface area (Å²) in [4.78, 5) is 13.3. The lowest BCUT2D eigenvalue weighted by molar-refractivity contribution is 0.100. The molecule has 1 atom stereocenters. The molecule has 1 aromatic rings. The van der Waals surface area contributed by atoms with E-state index in [1.165, 1.54) is 0 Å². The third kappa shape index (κ3) is 2.68. The number of carbonyl (C=O) groups is 1. The summed E-state index contributed by atoms with van der Waals surface area (Å²) in [6.45, 7) is 2.11. The molecular weight excluding hydrogens is 216 g/mol. The predicted molar refractivity (Wildman–Crippen MR) is 68.9 cm³/mol. The molecule has 1 aliphatic rings. The van der Waals surface area contributed by atoms with Crippen molar-refractivity contribution >= 4 is 17.3 Å². The Morgan fingerprint density at radius 3 is 2.82 bits per heavy atom. The molecule has 2 rings (SSSR count). The summed E-state index contributed by atoms with van der Waals surface area (Å²) in [6.07, 6.45) is 1.10. The maximum Gasteiger partial charge on any atom is 0.248 e. The molecular formula is C12H18N4O. The number of nitrogens with two attached hydrogens (primary N) is 2. The number of nitrogens with one attached hydrogen (secondary N) is 1. The molecule has 5 N–H and O–H groups in total. The van der Waals surface area contributed by atoms with Crippen LogP contribution in [0.1, 0.15) is 16.8 Å². The predicted octanol–water partition coefficient (Wildman–Crippen LogP) is 0.484. The Balaban J connectivity index is 2.09. The number of nitrogen functional groups attached to an aromatic ring is 1.